The Labute approximate surface area is 141 Å². The van der Waals surface area contributed by atoms with Crippen molar-refractivity contribution in [1.82, 2.24) is 14.9 Å². The van der Waals surface area contributed by atoms with Crippen LogP contribution in [0.4, 0.5) is 0 Å². The van der Waals surface area contributed by atoms with Crippen LogP contribution in [0.15, 0.2) is 47.6 Å². The second kappa shape index (κ2) is 8.35. The van der Waals surface area contributed by atoms with Gasteiger partial charge in [0.2, 0.25) is 5.91 Å². The van der Waals surface area contributed by atoms with E-state index in [1.54, 1.807) is 11.1 Å². The monoisotopic (exact) mass is 325 g/mol. The Bertz CT molecular complexity index is 697. The lowest BCUT2D eigenvalue weighted by Crippen LogP contribution is -2.36. The van der Waals surface area contributed by atoms with Gasteiger partial charge in [0.15, 0.2) is 0 Å². The smallest absolute Gasteiger partial charge is 0.236 e. The van der Waals surface area contributed by atoms with Crippen LogP contribution in [0.3, 0.4) is 0 Å². The Balaban J connectivity index is 2.07. The maximum Gasteiger partial charge on any atom is 0.236 e. The van der Waals surface area contributed by atoms with Gasteiger partial charge in [-0.1, -0.05) is 29.8 Å². The van der Waals surface area contributed by atoms with Gasteiger partial charge < -0.3 is 4.90 Å². The number of hydrogen-bond acceptors (Lipinski definition) is 4. The molecule has 0 saturated heterocycles. The van der Waals surface area contributed by atoms with Gasteiger partial charge in [0.1, 0.15) is 0 Å². The molecule has 0 aliphatic carbocycles. The van der Waals surface area contributed by atoms with Gasteiger partial charge in [-0.2, -0.15) is 0 Å². The van der Waals surface area contributed by atoms with E-state index in [0.29, 0.717) is 6.54 Å². The molecule has 2 aromatic rings. The molecule has 1 atom stereocenters. The molecule has 0 fully saturated rings. The van der Waals surface area contributed by atoms with Crippen LogP contribution in [0.25, 0.3) is 0 Å². The maximum atomic E-state index is 12.7. The Kier molecular flexibility index (Phi) is 6.19. The molecular formula is C18H19N3OS. The van der Waals surface area contributed by atoms with Gasteiger partial charge in [0.25, 0.3) is 0 Å². The Hall–Kier alpha value is -2.32. The van der Waals surface area contributed by atoms with Crippen molar-refractivity contribution >= 4 is 17.7 Å². The minimum absolute atomic E-state index is 0.0121. The fraction of sp³-hybridized carbons (Fsp3) is 0.278. The normalized spacial score (nSPS) is 11.5. The van der Waals surface area contributed by atoms with Crippen molar-refractivity contribution < 1.29 is 4.79 Å². The molecule has 2 rings (SSSR count). The van der Waals surface area contributed by atoms with Gasteiger partial charge in [-0.3, -0.25) is 9.78 Å². The van der Waals surface area contributed by atoms with Gasteiger partial charge in [0, 0.05) is 11.9 Å². The minimum Gasteiger partial charge on any atom is -0.325 e. The number of thioether (sulfide) groups is 1. The van der Waals surface area contributed by atoms with Crippen molar-refractivity contribution in [3.63, 3.8) is 0 Å². The third kappa shape index (κ3) is 5.11. The zero-order chi connectivity index (χ0) is 16.7. The van der Waals surface area contributed by atoms with Crippen molar-refractivity contribution in [3.8, 4) is 12.3 Å². The van der Waals surface area contributed by atoms with Crippen LogP contribution in [0.2, 0.25) is 0 Å². The molecule has 5 heteroatoms. The average Bonchev–Trinajstić information content (AvgIpc) is 2.55. The van der Waals surface area contributed by atoms with E-state index in [-0.39, 0.29) is 17.7 Å². The Morgan fingerprint density at radius 1 is 1.35 bits per heavy atom. The van der Waals surface area contributed by atoms with Gasteiger partial charge in [-0.25, -0.2) is 4.98 Å². The van der Waals surface area contributed by atoms with E-state index < -0.39 is 0 Å². The second-order valence-corrected chi connectivity index (χ2v) is 6.46. The van der Waals surface area contributed by atoms with E-state index in [9.17, 15) is 4.79 Å². The summed E-state index contributed by atoms with van der Waals surface area (Å²) in [5, 5.41) is 0.561. The number of nitrogens with zero attached hydrogens (tertiary/aromatic N) is 3. The van der Waals surface area contributed by atoms with Crippen LogP contribution in [0.5, 0.6) is 0 Å². The van der Waals surface area contributed by atoms with Crippen LogP contribution in [0, 0.1) is 19.3 Å². The molecule has 2 heterocycles. The predicted octanol–water partition coefficient (Wildman–Crippen LogP) is 2.93. The molecule has 0 aliphatic heterocycles. The first-order valence-electron chi connectivity index (χ1n) is 7.32. The fourth-order valence-corrected chi connectivity index (χ4v) is 3.00. The summed E-state index contributed by atoms with van der Waals surface area (Å²) in [6, 6.07) is 11.4. The Morgan fingerprint density at radius 3 is 2.83 bits per heavy atom. The molecule has 0 radical (unpaired) electrons. The maximum absolute atomic E-state index is 12.7. The first kappa shape index (κ1) is 17.0. The first-order chi connectivity index (χ1) is 11.1. The summed E-state index contributed by atoms with van der Waals surface area (Å²) >= 11 is 1.43. The number of aromatic nitrogens is 2. The predicted molar refractivity (Wildman–Crippen MR) is 92.8 cm³/mol. The highest BCUT2D eigenvalue weighted by Gasteiger charge is 2.22. The molecule has 1 amide bonds. The summed E-state index contributed by atoms with van der Waals surface area (Å²) in [6.45, 7) is 4.48. The molecule has 4 nitrogen and oxygen atoms in total. The zero-order valence-electron chi connectivity index (χ0n) is 13.3. The summed E-state index contributed by atoms with van der Waals surface area (Å²) in [7, 11) is 0. The number of aryl methyl sites for hydroxylation is 1. The summed E-state index contributed by atoms with van der Waals surface area (Å²) < 4.78 is 0. The molecule has 0 aliphatic rings. The van der Waals surface area contributed by atoms with Crippen LogP contribution < -0.4 is 0 Å². The standard InChI is InChI=1S/C18H19N3OS/c1-4-12-21(13-16-9-7-8-14(2)20-16)18(22)15(3)23-17-10-5-6-11-19-17/h1,5-11,15H,12-13H2,2-3H3/t15-/m0/s1. The topological polar surface area (TPSA) is 46.1 Å². The van der Waals surface area contributed by atoms with E-state index in [1.165, 1.54) is 11.8 Å². The van der Waals surface area contributed by atoms with E-state index in [1.807, 2.05) is 50.2 Å². The first-order valence-corrected chi connectivity index (χ1v) is 8.20. The number of hydrogen-bond donors (Lipinski definition) is 0. The van der Waals surface area contributed by atoms with Crippen LogP contribution in [-0.4, -0.2) is 32.6 Å². The van der Waals surface area contributed by atoms with Crippen LogP contribution in [-0.2, 0) is 11.3 Å². The summed E-state index contributed by atoms with van der Waals surface area (Å²) in [4.78, 5) is 23.0. The molecule has 23 heavy (non-hydrogen) atoms. The van der Waals surface area contributed by atoms with Crippen molar-refractivity contribution in [2.45, 2.75) is 30.7 Å². The lowest BCUT2D eigenvalue weighted by atomic mass is 10.2. The van der Waals surface area contributed by atoms with Crippen molar-refractivity contribution in [2.24, 2.45) is 0 Å². The van der Waals surface area contributed by atoms with E-state index in [0.717, 1.165) is 16.4 Å². The number of carbonyl (C=O) groups excluding carboxylic acids is 1. The number of terminal acetylenes is 1. The number of carbonyl (C=O) groups is 1. The molecular weight excluding hydrogens is 306 g/mol. The average molecular weight is 325 g/mol. The third-order valence-corrected chi connectivity index (χ3v) is 4.21. The molecule has 0 bridgehead atoms. The van der Waals surface area contributed by atoms with Crippen LogP contribution >= 0.6 is 11.8 Å². The highest BCUT2D eigenvalue weighted by Crippen LogP contribution is 2.22. The largest absolute Gasteiger partial charge is 0.325 e. The molecule has 118 valence electrons. The summed E-state index contributed by atoms with van der Waals surface area (Å²) in [6.07, 6.45) is 7.14. The van der Waals surface area contributed by atoms with Crippen molar-refractivity contribution in [3.05, 3.63) is 54.0 Å². The molecule has 0 unspecified atom stereocenters. The third-order valence-electron chi connectivity index (χ3n) is 3.18. The number of pyridine rings is 2. The molecule has 0 spiro atoms. The summed E-state index contributed by atoms with van der Waals surface area (Å²) in [5.74, 6) is 2.54. The van der Waals surface area contributed by atoms with Crippen LogP contribution in [0.1, 0.15) is 18.3 Å². The van der Waals surface area contributed by atoms with E-state index in [4.69, 9.17) is 6.42 Å². The molecule has 0 saturated carbocycles. The van der Waals surface area contributed by atoms with E-state index in [2.05, 4.69) is 15.9 Å². The van der Waals surface area contributed by atoms with Gasteiger partial charge >= 0.3 is 0 Å². The van der Waals surface area contributed by atoms with Crippen molar-refractivity contribution in [1.29, 1.82) is 0 Å². The number of amides is 1. The minimum atomic E-state index is -0.261. The quantitative estimate of drug-likeness (QED) is 0.605. The number of rotatable bonds is 6. The van der Waals surface area contributed by atoms with Crippen molar-refractivity contribution in [2.75, 3.05) is 6.54 Å². The summed E-state index contributed by atoms with van der Waals surface area (Å²) in [5.41, 5.74) is 1.76. The highest BCUT2D eigenvalue weighted by atomic mass is 32.2. The highest BCUT2D eigenvalue weighted by molar-refractivity contribution is 8.00. The van der Waals surface area contributed by atoms with Gasteiger partial charge in [0.05, 0.1) is 29.1 Å². The van der Waals surface area contributed by atoms with Gasteiger partial charge in [-0.05, 0) is 38.1 Å². The zero-order valence-corrected chi connectivity index (χ0v) is 14.1. The van der Waals surface area contributed by atoms with Gasteiger partial charge in [-0.15, -0.1) is 6.42 Å². The molecule has 0 N–H and O–H groups in total. The SMILES string of the molecule is C#CCN(Cc1cccc(C)n1)C(=O)[C@H](C)Sc1ccccn1. The lowest BCUT2D eigenvalue weighted by molar-refractivity contribution is -0.130. The lowest BCUT2D eigenvalue weighted by Gasteiger charge is -2.23. The second-order valence-electron chi connectivity index (χ2n) is 5.10. The fourth-order valence-electron chi connectivity index (χ4n) is 2.11. The van der Waals surface area contributed by atoms with E-state index >= 15 is 0 Å². The molecule has 0 aromatic carbocycles. The molecule has 2 aromatic heterocycles. The Morgan fingerprint density at radius 2 is 2.17 bits per heavy atom.